The molecule has 0 radical (unpaired) electrons. The van der Waals surface area contributed by atoms with Crippen LogP contribution in [0.5, 0.6) is 0 Å². The molecule has 0 aliphatic carbocycles. The lowest BCUT2D eigenvalue weighted by atomic mass is 10.2. The number of nitrogens with zero attached hydrogens (tertiary/aromatic N) is 2. The molecule has 1 aromatic carbocycles. The van der Waals surface area contributed by atoms with Crippen LogP contribution in [0.2, 0.25) is 0 Å². The predicted octanol–water partition coefficient (Wildman–Crippen LogP) is 3.12. The minimum absolute atomic E-state index is 0.0977. The maximum Gasteiger partial charge on any atom is 0.412 e. The van der Waals surface area contributed by atoms with Crippen molar-refractivity contribution in [1.29, 1.82) is 5.26 Å². The molecule has 0 atom stereocenters. The number of anilines is 1. The number of benzene rings is 1. The van der Waals surface area contributed by atoms with Gasteiger partial charge in [0.25, 0.3) is 5.56 Å². The van der Waals surface area contributed by atoms with Crippen LogP contribution < -0.4 is 10.9 Å². The van der Waals surface area contributed by atoms with Crippen LogP contribution in [-0.2, 0) is 11.3 Å². The highest BCUT2D eigenvalue weighted by Crippen LogP contribution is 2.14. The maximum atomic E-state index is 12.1. The highest BCUT2D eigenvalue weighted by atomic mass is 16.6. The summed E-state index contributed by atoms with van der Waals surface area (Å²) in [4.78, 5) is 23.9. The van der Waals surface area contributed by atoms with Gasteiger partial charge in [0.15, 0.2) is 0 Å². The summed E-state index contributed by atoms with van der Waals surface area (Å²) in [5.41, 5.74) is 0.574. The van der Waals surface area contributed by atoms with Crippen LogP contribution in [0.25, 0.3) is 0 Å². The van der Waals surface area contributed by atoms with E-state index in [0.29, 0.717) is 12.2 Å². The Labute approximate surface area is 140 Å². The second kappa shape index (κ2) is 7.01. The van der Waals surface area contributed by atoms with E-state index in [9.17, 15) is 9.59 Å². The van der Waals surface area contributed by atoms with E-state index in [2.05, 4.69) is 5.32 Å². The SMILES string of the molecule is CC(C)(C)OC(=O)Nc1cccc(Cn2cccc(C#N)c2=O)c1. The van der Waals surface area contributed by atoms with E-state index in [1.807, 2.05) is 12.1 Å². The number of ether oxygens (including phenoxy) is 1. The van der Waals surface area contributed by atoms with E-state index < -0.39 is 11.7 Å². The second-order valence-corrected chi connectivity index (χ2v) is 6.29. The van der Waals surface area contributed by atoms with Crippen molar-refractivity contribution in [2.75, 3.05) is 5.32 Å². The predicted molar refractivity (Wildman–Crippen MR) is 90.8 cm³/mol. The lowest BCUT2D eigenvalue weighted by molar-refractivity contribution is 0.0636. The van der Waals surface area contributed by atoms with E-state index in [0.717, 1.165) is 5.56 Å². The molecule has 1 N–H and O–H groups in total. The minimum atomic E-state index is -0.577. The van der Waals surface area contributed by atoms with Crippen LogP contribution in [0.4, 0.5) is 10.5 Å². The van der Waals surface area contributed by atoms with Crippen molar-refractivity contribution in [3.8, 4) is 6.07 Å². The average Bonchev–Trinajstić information content (AvgIpc) is 2.48. The summed E-state index contributed by atoms with van der Waals surface area (Å²) in [6.45, 7) is 5.67. The molecule has 6 heteroatoms. The Morgan fingerprint density at radius 3 is 2.71 bits per heavy atom. The zero-order valence-electron chi connectivity index (χ0n) is 13.9. The third kappa shape index (κ3) is 4.71. The van der Waals surface area contributed by atoms with Gasteiger partial charge in [-0.15, -0.1) is 0 Å². The number of amides is 1. The molecule has 2 aromatic rings. The molecule has 0 saturated heterocycles. The molecular weight excluding hydrogens is 306 g/mol. The third-order valence-corrected chi connectivity index (χ3v) is 3.07. The molecular formula is C18H19N3O3. The van der Waals surface area contributed by atoms with Gasteiger partial charge in [0, 0.05) is 11.9 Å². The average molecular weight is 325 g/mol. The van der Waals surface area contributed by atoms with Crippen LogP contribution in [0.3, 0.4) is 0 Å². The summed E-state index contributed by atoms with van der Waals surface area (Å²) in [5, 5.41) is 11.6. The first kappa shape index (κ1) is 17.3. The molecule has 0 unspecified atom stereocenters. The zero-order valence-corrected chi connectivity index (χ0v) is 13.9. The lowest BCUT2D eigenvalue weighted by Crippen LogP contribution is -2.27. The Hall–Kier alpha value is -3.07. The zero-order chi connectivity index (χ0) is 17.7. The fraction of sp³-hybridized carbons (Fsp3) is 0.278. The van der Waals surface area contributed by atoms with Gasteiger partial charge in [-0.3, -0.25) is 10.1 Å². The van der Waals surface area contributed by atoms with Crippen LogP contribution in [0.15, 0.2) is 47.4 Å². The Morgan fingerprint density at radius 1 is 1.29 bits per heavy atom. The van der Waals surface area contributed by atoms with Gasteiger partial charge < -0.3 is 9.30 Å². The van der Waals surface area contributed by atoms with Gasteiger partial charge >= 0.3 is 6.09 Å². The van der Waals surface area contributed by atoms with Crippen molar-refractivity contribution in [3.63, 3.8) is 0 Å². The molecule has 1 aromatic heterocycles. The number of nitriles is 1. The number of rotatable bonds is 3. The fourth-order valence-corrected chi connectivity index (χ4v) is 2.11. The van der Waals surface area contributed by atoms with Crippen molar-refractivity contribution in [3.05, 3.63) is 64.1 Å². The number of aromatic nitrogens is 1. The number of nitrogens with one attached hydrogen (secondary N) is 1. The number of hydrogen-bond donors (Lipinski definition) is 1. The van der Waals surface area contributed by atoms with Gasteiger partial charge in [-0.2, -0.15) is 5.26 Å². The second-order valence-electron chi connectivity index (χ2n) is 6.29. The molecule has 2 rings (SSSR count). The normalized spacial score (nSPS) is 10.8. The topological polar surface area (TPSA) is 84.1 Å². The molecule has 0 saturated carbocycles. The van der Waals surface area contributed by atoms with E-state index in [-0.39, 0.29) is 11.1 Å². The van der Waals surface area contributed by atoms with Crippen molar-refractivity contribution in [2.24, 2.45) is 0 Å². The van der Waals surface area contributed by atoms with Gasteiger partial charge in [0.05, 0.1) is 6.54 Å². The molecule has 6 nitrogen and oxygen atoms in total. The van der Waals surface area contributed by atoms with E-state index >= 15 is 0 Å². The van der Waals surface area contributed by atoms with Crippen LogP contribution in [0.1, 0.15) is 31.9 Å². The lowest BCUT2D eigenvalue weighted by Gasteiger charge is -2.19. The quantitative estimate of drug-likeness (QED) is 0.939. The Bertz CT molecular complexity index is 842. The Kier molecular flexibility index (Phi) is 5.05. The van der Waals surface area contributed by atoms with E-state index in [4.69, 9.17) is 10.00 Å². The summed E-state index contributed by atoms with van der Waals surface area (Å²) in [6.07, 6.45) is 1.08. The van der Waals surface area contributed by atoms with Crippen LogP contribution in [-0.4, -0.2) is 16.3 Å². The van der Waals surface area contributed by atoms with E-state index in [1.54, 1.807) is 51.2 Å². The van der Waals surface area contributed by atoms with Crippen molar-refractivity contribution in [2.45, 2.75) is 32.9 Å². The number of hydrogen-bond acceptors (Lipinski definition) is 4. The molecule has 0 aliphatic heterocycles. The number of carbonyl (C=O) groups excluding carboxylic acids is 1. The number of carbonyl (C=O) groups is 1. The molecule has 124 valence electrons. The molecule has 0 spiro atoms. The third-order valence-electron chi connectivity index (χ3n) is 3.07. The van der Waals surface area contributed by atoms with Gasteiger partial charge in [-0.25, -0.2) is 4.79 Å². The van der Waals surface area contributed by atoms with Gasteiger partial charge in [0.1, 0.15) is 17.2 Å². The molecule has 0 fully saturated rings. The largest absolute Gasteiger partial charge is 0.444 e. The highest BCUT2D eigenvalue weighted by Gasteiger charge is 2.16. The molecule has 0 aliphatic rings. The first-order valence-corrected chi connectivity index (χ1v) is 7.47. The Morgan fingerprint density at radius 2 is 2.04 bits per heavy atom. The van der Waals surface area contributed by atoms with Gasteiger partial charge in [-0.1, -0.05) is 12.1 Å². The molecule has 0 bridgehead atoms. The van der Waals surface area contributed by atoms with Crippen molar-refractivity contribution >= 4 is 11.8 Å². The summed E-state index contributed by atoms with van der Waals surface area (Å²) in [7, 11) is 0. The van der Waals surface area contributed by atoms with E-state index in [1.165, 1.54) is 10.6 Å². The minimum Gasteiger partial charge on any atom is -0.444 e. The van der Waals surface area contributed by atoms with Gasteiger partial charge in [0.2, 0.25) is 0 Å². The van der Waals surface area contributed by atoms with Crippen molar-refractivity contribution < 1.29 is 9.53 Å². The standard InChI is InChI=1S/C18H19N3O3/c1-18(2,3)24-17(23)20-15-8-4-6-13(10-15)12-21-9-5-7-14(11-19)16(21)22/h4-10H,12H2,1-3H3,(H,20,23). The first-order valence-electron chi connectivity index (χ1n) is 7.47. The first-order chi connectivity index (χ1) is 11.3. The van der Waals surface area contributed by atoms with Gasteiger partial charge in [-0.05, 0) is 50.6 Å². The summed E-state index contributed by atoms with van der Waals surface area (Å²) >= 11 is 0. The fourth-order valence-electron chi connectivity index (χ4n) is 2.11. The van der Waals surface area contributed by atoms with Crippen molar-refractivity contribution in [1.82, 2.24) is 4.57 Å². The number of pyridine rings is 1. The molecule has 1 amide bonds. The van der Waals surface area contributed by atoms with Crippen LogP contribution >= 0.6 is 0 Å². The summed E-state index contributed by atoms with van der Waals surface area (Å²) in [6, 6.07) is 12.1. The summed E-state index contributed by atoms with van der Waals surface area (Å²) in [5.74, 6) is 0. The monoisotopic (exact) mass is 325 g/mol. The Balaban J connectivity index is 2.16. The molecule has 1 heterocycles. The highest BCUT2D eigenvalue weighted by molar-refractivity contribution is 5.84. The van der Waals surface area contributed by atoms with Crippen LogP contribution in [0, 0.1) is 11.3 Å². The smallest absolute Gasteiger partial charge is 0.412 e. The maximum absolute atomic E-state index is 12.1. The molecule has 24 heavy (non-hydrogen) atoms. The summed E-state index contributed by atoms with van der Waals surface area (Å²) < 4.78 is 6.66.